The molecule has 1 fully saturated rings. The molecule has 122 valence electrons. The zero-order valence-electron chi connectivity index (χ0n) is 13.3. The number of nitrogens with zero attached hydrogens (tertiary/aromatic N) is 3. The van der Waals surface area contributed by atoms with Crippen molar-refractivity contribution in [2.24, 2.45) is 0 Å². The molecule has 1 aliphatic rings. The maximum absolute atomic E-state index is 11.8. The third-order valence-corrected chi connectivity index (χ3v) is 4.01. The lowest BCUT2D eigenvalue weighted by Crippen LogP contribution is -2.49. The van der Waals surface area contributed by atoms with E-state index in [9.17, 15) is 4.79 Å². The standard InChI is InChI=1S/C16H20N4O3/c1-16(11-23-8-7-17-16)14-10-20(19-18-14)9-12-5-3-4-6-13(12)15(21)22-2/h3-6,10,17H,7-9,11H2,1-2H3. The largest absolute Gasteiger partial charge is 0.465 e. The van der Waals surface area contributed by atoms with Crippen LogP contribution in [-0.4, -0.2) is 47.8 Å². The van der Waals surface area contributed by atoms with Crippen molar-refractivity contribution in [2.75, 3.05) is 26.9 Å². The molecule has 0 amide bonds. The second-order valence-corrected chi connectivity index (χ2v) is 5.76. The second-order valence-electron chi connectivity index (χ2n) is 5.76. The van der Waals surface area contributed by atoms with Crippen LogP contribution < -0.4 is 5.32 Å². The minimum absolute atomic E-state index is 0.335. The van der Waals surface area contributed by atoms with Crippen molar-refractivity contribution in [2.45, 2.75) is 19.0 Å². The number of ether oxygens (including phenoxy) is 2. The van der Waals surface area contributed by atoms with E-state index < -0.39 is 0 Å². The zero-order valence-corrected chi connectivity index (χ0v) is 13.3. The lowest BCUT2D eigenvalue weighted by molar-refractivity contribution is 0.0320. The molecule has 1 atom stereocenters. The highest BCUT2D eigenvalue weighted by molar-refractivity contribution is 5.90. The molecule has 0 aliphatic carbocycles. The average Bonchev–Trinajstić information content (AvgIpc) is 3.05. The third-order valence-electron chi connectivity index (χ3n) is 4.01. The van der Waals surface area contributed by atoms with Gasteiger partial charge < -0.3 is 14.8 Å². The highest BCUT2D eigenvalue weighted by Crippen LogP contribution is 2.21. The summed E-state index contributed by atoms with van der Waals surface area (Å²) in [7, 11) is 1.38. The van der Waals surface area contributed by atoms with Crippen molar-refractivity contribution >= 4 is 5.97 Å². The fourth-order valence-electron chi connectivity index (χ4n) is 2.66. The maximum atomic E-state index is 11.8. The molecule has 0 saturated carbocycles. The SMILES string of the molecule is COC(=O)c1ccccc1Cn1cc(C2(C)COCCN2)nn1. The van der Waals surface area contributed by atoms with E-state index in [0.717, 1.165) is 17.8 Å². The molecule has 1 unspecified atom stereocenters. The van der Waals surface area contributed by atoms with Gasteiger partial charge in [0.05, 0.1) is 44.2 Å². The molecule has 2 aromatic rings. The molecular weight excluding hydrogens is 296 g/mol. The van der Waals surface area contributed by atoms with Crippen LogP contribution in [0.15, 0.2) is 30.5 Å². The first-order chi connectivity index (χ1) is 11.1. The number of esters is 1. The topological polar surface area (TPSA) is 78.3 Å². The molecule has 1 aromatic heterocycles. The Morgan fingerprint density at radius 3 is 3.04 bits per heavy atom. The van der Waals surface area contributed by atoms with Crippen LogP contribution in [-0.2, 0) is 21.6 Å². The van der Waals surface area contributed by atoms with Gasteiger partial charge >= 0.3 is 5.97 Å². The first-order valence-electron chi connectivity index (χ1n) is 7.52. The molecule has 0 bridgehead atoms. The Morgan fingerprint density at radius 2 is 2.30 bits per heavy atom. The summed E-state index contributed by atoms with van der Waals surface area (Å²) in [5, 5.41) is 11.8. The van der Waals surface area contributed by atoms with Crippen LogP contribution in [0.2, 0.25) is 0 Å². The zero-order chi connectivity index (χ0) is 16.3. The fourth-order valence-corrected chi connectivity index (χ4v) is 2.66. The average molecular weight is 316 g/mol. The lowest BCUT2D eigenvalue weighted by Gasteiger charge is -2.32. The summed E-state index contributed by atoms with van der Waals surface area (Å²) in [4.78, 5) is 11.8. The predicted molar refractivity (Wildman–Crippen MR) is 83.1 cm³/mol. The van der Waals surface area contributed by atoms with Gasteiger partial charge in [-0.1, -0.05) is 23.4 Å². The van der Waals surface area contributed by atoms with Crippen LogP contribution in [0.25, 0.3) is 0 Å². The summed E-state index contributed by atoms with van der Waals surface area (Å²) in [6.07, 6.45) is 1.88. The van der Waals surface area contributed by atoms with Crippen molar-refractivity contribution in [1.82, 2.24) is 20.3 Å². The van der Waals surface area contributed by atoms with E-state index >= 15 is 0 Å². The first kappa shape index (κ1) is 15.6. The van der Waals surface area contributed by atoms with E-state index in [0.29, 0.717) is 25.3 Å². The molecule has 3 rings (SSSR count). The summed E-state index contributed by atoms with van der Waals surface area (Å²) in [6, 6.07) is 7.33. The number of hydrogen-bond acceptors (Lipinski definition) is 6. The van der Waals surface area contributed by atoms with E-state index in [1.807, 2.05) is 31.3 Å². The number of carbonyl (C=O) groups is 1. The maximum Gasteiger partial charge on any atom is 0.338 e. The number of carbonyl (C=O) groups excluding carboxylic acids is 1. The van der Waals surface area contributed by atoms with E-state index in [-0.39, 0.29) is 11.5 Å². The van der Waals surface area contributed by atoms with Gasteiger partial charge in [-0.05, 0) is 18.6 Å². The highest BCUT2D eigenvalue weighted by atomic mass is 16.5. The number of nitrogens with one attached hydrogen (secondary N) is 1. The van der Waals surface area contributed by atoms with Crippen LogP contribution in [0.5, 0.6) is 0 Å². The summed E-state index contributed by atoms with van der Waals surface area (Å²) in [5.74, 6) is -0.352. The van der Waals surface area contributed by atoms with Crippen molar-refractivity contribution in [3.8, 4) is 0 Å². The Kier molecular flexibility index (Phi) is 4.40. The van der Waals surface area contributed by atoms with E-state index in [2.05, 4.69) is 15.6 Å². The Morgan fingerprint density at radius 1 is 1.48 bits per heavy atom. The van der Waals surface area contributed by atoms with Crippen LogP contribution in [0.4, 0.5) is 0 Å². The monoisotopic (exact) mass is 316 g/mol. The predicted octanol–water partition coefficient (Wildman–Crippen LogP) is 0.948. The second kappa shape index (κ2) is 6.47. The third kappa shape index (κ3) is 3.25. The Hall–Kier alpha value is -2.25. The summed E-state index contributed by atoms with van der Waals surface area (Å²) >= 11 is 0. The number of morpholine rings is 1. The van der Waals surface area contributed by atoms with Crippen LogP contribution >= 0.6 is 0 Å². The molecule has 23 heavy (non-hydrogen) atoms. The van der Waals surface area contributed by atoms with Crippen molar-refractivity contribution < 1.29 is 14.3 Å². The highest BCUT2D eigenvalue weighted by Gasteiger charge is 2.32. The number of hydrogen-bond donors (Lipinski definition) is 1. The van der Waals surface area contributed by atoms with Crippen molar-refractivity contribution in [3.05, 3.63) is 47.3 Å². The Balaban J connectivity index is 1.81. The number of benzene rings is 1. The summed E-state index contributed by atoms with van der Waals surface area (Å²) in [6.45, 7) is 4.55. The van der Waals surface area contributed by atoms with Gasteiger partial charge in [-0.3, -0.25) is 0 Å². The molecular formula is C16H20N4O3. The van der Waals surface area contributed by atoms with Crippen LogP contribution in [0, 0.1) is 0 Å². The van der Waals surface area contributed by atoms with Gasteiger partial charge in [0.25, 0.3) is 0 Å². The number of rotatable bonds is 4. The van der Waals surface area contributed by atoms with Gasteiger partial charge in [0.1, 0.15) is 5.69 Å². The molecule has 0 spiro atoms. The van der Waals surface area contributed by atoms with Gasteiger partial charge in [0.15, 0.2) is 0 Å². The molecule has 2 heterocycles. The fraction of sp³-hybridized carbons (Fsp3) is 0.438. The summed E-state index contributed by atoms with van der Waals surface area (Å²) < 4.78 is 12.1. The van der Waals surface area contributed by atoms with Gasteiger partial charge in [-0.15, -0.1) is 5.10 Å². The lowest BCUT2D eigenvalue weighted by atomic mass is 9.99. The van der Waals surface area contributed by atoms with Gasteiger partial charge in [0.2, 0.25) is 0 Å². The molecule has 1 saturated heterocycles. The molecule has 0 radical (unpaired) electrons. The molecule has 1 N–H and O–H groups in total. The van der Waals surface area contributed by atoms with E-state index in [1.54, 1.807) is 10.7 Å². The van der Waals surface area contributed by atoms with Gasteiger partial charge in [-0.25, -0.2) is 9.48 Å². The van der Waals surface area contributed by atoms with E-state index in [1.165, 1.54) is 7.11 Å². The van der Waals surface area contributed by atoms with Gasteiger partial charge in [0, 0.05) is 6.54 Å². The summed E-state index contributed by atoms with van der Waals surface area (Å²) in [5.41, 5.74) is 1.87. The minimum Gasteiger partial charge on any atom is -0.465 e. The minimum atomic E-state index is -0.352. The molecule has 7 nitrogen and oxygen atoms in total. The van der Waals surface area contributed by atoms with E-state index in [4.69, 9.17) is 9.47 Å². The molecule has 7 heteroatoms. The number of methoxy groups -OCH3 is 1. The first-order valence-corrected chi connectivity index (χ1v) is 7.52. The molecule has 1 aromatic carbocycles. The normalized spacial score (nSPS) is 21.1. The van der Waals surface area contributed by atoms with Crippen LogP contribution in [0.3, 0.4) is 0 Å². The van der Waals surface area contributed by atoms with Gasteiger partial charge in [-0.2, -0.15) is 0 Å². The van der Waals surface area contributed by atoms with Crippen molar-refractivity contribution in [1.29, 1.82) is 0 Å². The Bertz CT molecular complexity index is 692. The molecule has 1 aliphatic heterocycles. The van der Waals surface area contributed by atoms with Crippen LogP contribution in [0.1, 0.15) is 28.5 Å². The van der Waals surface area contributed by atoms with Crippen molar-refractivity contribution in [3.63, 3.8) is 0 Å². The Labute approximate surface area is 134 Å². The smallest absolute Gasteiger partial charge is 0.338 e. The quantitative estimate of drug-likeness (QED) is 0.846. The number of aromatic nitrogens is 3.